The summed E-state index contributed by atoms with van der Waals surface area (Å²) < 4.78 is 7.19. The van der Waals surface area contributed by atoms with Gasteiger partial charge in [0, 0.05) is 36.2 Å². The maximum atomic E-state index is 12.8. The van der Waals surface area contributed by atoms with Gasteiger partial charge in [-0.15, -0.1) is 0 Å². The third-order valence-corrected chi connectivity index (χ3v) is 5.73. The van der Waals surface area contributed by atoms with Gasteiger partial charge in [0.05, 0.1) is 30.5 Å². The van der Waals surface area contributed by atoms with Gasteiger partial charge in [-0.3, -0.25) is 4.79 Å². The van der Waals surface area contributed by atoms with Gasteiger partial charge in [0.25, 0.3) is 5.91 Å². The monoisotopic (exact) mass is 412 g/mol. The summed E-state index contributed by atoms with van der Waals surface area (Å²) in [5.41, 5.74) is 6.54. The van der Waals surface area contributed by atoms with Crippen LogP contribution < -0.4 is 10.2 Å². The molecule has 3 heterocycles. The topological polar surface area (TPSA) is 58.9 Å². The number of benzene rings is 2. The lowest BCUT2D eigenvalue weighted by Crippen LogP contribution is -2.36. The highest BCUT2D eigenvalue weighted by Crippen LogP contribution is 2.25. The Morgan fingerprint density at radius 2 is 1.71 bits per heavy atom. The molecule has 0 radical (unpaired) electrons. The van der Waals surface area contributed by atoms with Crippen molar-refractivity contribution >= 4 is 22.8 Å². The van der Waals surface area contributed by atoms with Crippen LogP contribution in [-0.4, -0.2) is 41.8 Å². The predicted octanol–water partition coefficient (Wildman–Crippen LogP) is 4.40. The molecule has 0 unspecified atom stereocenters. The largest absolute Gasteiger partial charge is 0.378 e. The van der Waals surface area contributed by atoms with Gasteiger partial charge in [-0.25, -0.2) is 4.52 Å². The summed E-state index contributed by atoms with van der Waals surface area (Å²) in [6.45, 7) is 5.37. The molecular weight excluding hydrogens is 388 g/mol. The number of para-hydroxylation sites is 1. The van der Waals surface area contributed by atoms with Gasteiger partial charge in [0.1, 0.15) is 0 Å². The van der Waals surface area contributed by atoms with E-state index in [9.17, 15) is 4.79 Å². The third kappa shape index (κ3) is 3.90. The minimum absolute atomic E-state index is 0.160. The third-order valence-electron chi connectivity index (χ3n) is 5.73. The van der Waals surface area contributed by atoms with Crippen molar-refractivity contribution in [3.05, 3.63) is 84.2 Å². The number of nitrogens with zero attached hydrogens (tertiary/aromatic N) is 3. The van der Waals surface area contributed by atoms with Crippen LogP contribution in [0.15, 0.2) is 73.1 Å². The number of aromatic nitrogens is 2. The van der Waals surface area contributed by atoms with Crippen LogP contribution in [-0.2, 0) is 4.74 Å². The van der Waals surface area contributed by atoms with Crippen LogP contribution in [0.25, 0.3) is 16.6 Å². The number of nitrogens with one attached hydrogen (secondary N) is 1. The molecule has 1 fully saturated rings. The van der Waals surface area contributed by atoms with Crippen molar-refractivity contribution in [2.45, 2.75) is 6.92 Å². The molecule has 1 amide bonds. The maximum absolute atomic E-state index is 12.8. The van der Waals surface area contributed by atoms with Crippen LogP contribution in [0.1, 0.15) is 15.9 Å². The summed E-state index contributed by atoms with van der Waals surface area (Å²) in [6.07, 6.45) is 3.58. The normalized spacial score (nSPS) is 14.0. The molecule has 4 aromatic rings. The van der Waals surface area contributed by atoms with Crippen molar-refractivity contribution < 1.29 is 9.53 Å². The standard InChI is InChI=1S/C25H24N4O2/c1-18-4-2-3-5-23(18)27-25(30)22-16-26-29-17-20(8-11-24(22)29)19-6-9-21(10-7-19)28-12-14-31-15-13-28/h2-11,16-17H,12-15H2,1H3,(H,27,30). The number of morpholine rings is 1. The van der Waals surface area contributed by atoms with E-state index in [4.69, 9.17) is 4.74 Å². The summed E-state index contributed by atoms with van der Waals surface area (Å²) in [5.74, 6) is -0.160. The van der Waals surface area contributed by atoms with Gasteiger partial charge < -0.3 is 15.0 Å². The van der Waals surface area contributed by atoms with Crippen molar-refractivity contribution in [2.75, 3.05) is 36.5 Å². The fourth-order valence-electron chi connectivity index (χ4n) is 3.92. The molecule has 1 saturated heterocycles. The second-order valence-electron chi connectivity index (χ2n) is 7.72. The first kappa shape index (κ1) is 19.3. The Bertz CT molecular complexity index is 1220. The SMILES string of the molecule is Cc1ccccc1NC(=O)c1cnn2cc(-c3ccc(N4CCOCC4)cc3)ccc12. The van der Waals surface area contributed by atoms with E-state index in [2.05, 4.69) is 39.6 Å². The molecule has 5 rings (SSSR count). The molecule has 1 N–H and O–H groups in total. The summed E-state index contributed by atoms with van der Waals surface area (Å²) in [7, 11) is 0. The summed E-state index contributed by atoms with van der Waals surface area (Å²) >= 11 is 0. The van der Waals surface area contributed by atoms with Crippen LogP contribution in [0.4, 0.5) is 11.4 Å². The average molecular weight is 412 g/mol. The molecule has 2 aromatic carbocycles. The molecule has 1 aliphatic heterocycles. The summed E-state index contributed by atoms with van der Waals surface area (Å²) in [4.78, 5) is 15.1. The number of amides is 1. The van der Waals surface area contributed by atoms with Crippen molar-refractivity contribution in [1.29, 1.82) is 0 Å². The Labute approximate surface area is 181 Å². The lowest BCUT2D eigenvalue weighted by atomic mass is 10.1. The quantitative estimate of drug-likeness (QED) is 0.540. The Morgan fingerprint density at radius 3 is 2.48 bits per heavy atom. The molecule has 0 saturated carbocycles. The number of hydrogen-bond acceptors (Lipinski definition) is 4. The number of rotatable bonds is 4. The average Bonchev–Trinajstić information content (AvgIpc) is 3.25. The molecule has 0 bridgehead atoms. The molecule has 6 heteroatoms. The van der Waals surface area contributed by atoms with E-state index in [-0.39, 0.29) is 5.91 Å². The number of hydrogen-bond donors (Lipinski definition) is 1. The number of ether oxygens (including phenoxy) is 1. The van der Waals surface area contributed by atoms with E-state index in [1.807, 2.05) is 49.5 Å². The van der Waals surface area contributed by atoms with E-state index >= 15 is 0 Å². The van der Waals surface area contributed by atoms with Crippen molar-refractivity contribution in [3.63, 3.8) is 0 Å². The fourth-order valence-corrected chi connectivity index (χ4v) is 3.92. The first-order valence-corrected chi connectivity index (χ1v) is 10.5. The van der Waals surface area contributed by atoms with Gasteiger partial charge in [-0.05, 0) is 42.3 Å². The van der Waals surface area contributed by atoms with Gasteiger partial charge in [-0.1, -0.05) is 36.4 Å². The van der Waals surface area contributed by atoms with Gasteiger partial charge in [0.2, 0.25) is 0 Å². The molecule has 2 aromatic heterocycles. The van der Waals surface area contributed by atoms with E-state index in [0.29, 0.717) is 5.56 Å². The highest BCUT2D eigenvalue weighted by atomic mass is 16.5. The van der Waals surface area contributed by atoms with Gasteiger partial charge in [0.15, 0.2) is 0 Å². The zero-order chi connectivity index (χ0) is 21.2. The molecule has 0 aliphatic carbocycles. The number of aryl methyl sites for hydroxylation is 1. The number of fused-ring (bicyclic) bond motifs is 1. The van der Waals surface area contributed by atoms with E-state index in [0.717, 1.165) is 54.2 Å². The lowest BCUT2D eigenvalue weighted by molar-refractivity contribution is 0.102. The van der Waals surface area contributed by atoms with E-state index in [1.165, 1.54) is 5.69 Å². The van der Waals surface area contributed by atoms with Crippen LogP contribution >= 0.6 is 0 Å². The Kier molecular flexibility index (Phi) is 5.14. The van der Waals surface area contributed by atoms with Crippen LogP contribution in [0, 0.1) is 6.92 Å². The van der Waals surface area contributed by atoms with E-state index < -0.39 is 0 Å². The minimum Gasteiger partial charge on any atom is -0.378 e. The molecule has 0 spiro atoms. The molecule has 31 heavy (non-hydrogen) atoms. The van der Waals surface area contributed by atoms with Crippen LogP contribution in [0.5, 0.6) is 0 Å². The lowest BCUT2D eigenvalue weighted by Gasteiger charge is -2.28. The van der Waals surface area contributed by atoms with Crippen molar-refractivity contribution in [2.24, 2.45) is 0 Å². The molecular formula is C25H24N4O2. The first-order chi connectivity index (χ1) is 15.2. The van der Waals surface area contributed by atoms with Crippen molar-refractivity contribution in [3.8, 4) is 11.1 Å². The predicted molar refractivity (Wildman–Crippen MR) is 123 cm³/mol. The second-order valence-corrected chi connectivity index (χ2v) is 7.72. The van der Waals surface area contributed by atoms with E-state index in [1.54, 1.807) is 10.7 Å². The van der Waals surface area contributed by atoms with Gasteiger partial charge >= 0.3 is 0 Å². The Hall–Kier alpha value is -3.64. The Morgan fingerprint density at radius 1 is 0.968 bits per heavy atom. The maximum Gasteiger partial charge on any atom is 0.259 e. The van der Waals surface area contributed by atoms with Gasteiger partial charge in [-0.2, -0.15) is 5.10 Å². The zero-order valence-corrected chi connectivity index (χ0v) is 17.4. The van der Waals surface area contributed by atoms with Crippen LogP contribution in [0.2, 0.25) is 0 Å². The molecule has 1 aliphatic rings. The zero-order valence-electron chi connectivity index (χ0n) is 17.4. The highest BCUT2D eigenvalue weighted by molar-refractivity contribution is 6.09. The smallest absolute Gasteiger partial charge is 0.259 e. The number of anilines is 2. The molecule has 0 atom stereocenters. The summed E-state index contributed by atoms with van der Waals surface area (Å²) in [6, 6.07) is 20.3. The number of carbonyl (C=O) groups excluding carboxylic acids is 1. The summed E-state index contributed by atoms with van der Waals surface area (Å²) in [5, 5.41) is 7.40. The minimum atomic E-state index is -0.160. The number of carbonyl (C=O) groups is 1. The number of pyridine rings is 1. The van der Waals surface area contributed by atoms with Crippen molar-refractivity contribution in [1.82, 2.24) is 9.61 Å². The molecule has 156 valence electrons. The first-order valence-electron chi connectivity index (χ1n) is 10.5. The second kappa shape index (κ2) is 8.24. The fraction of sp³-hybridized carbons (Fsp3) is 0.200. The Balaban J connectivity index is 1.37. The molecule has 6 nitrogen and oxygen atoms in total. The van der Waals surface area contributed by atoms with Crippen LogP contribution in [0.3, 0.4) is 0 Å². The highest BCUT2D eigenvalue weighted by Gasteiger charge is 2.15.